The summed E-state index contributed by atoms with van der Waals surface area (Å²) >= 11 is 2.13. The van der Waals surface area contributed by atoms with Crippen molar-refractivity contribution in [2.45, 2.75) is 76.6 Å². The third-order valence-electron chi connectivity index (χ3n) is 9.28. The highest BCUT2D eigenvalue weighted by Gasteiger charge is 2.66. The van der Waals surface area contributed by atoms with Crippen LogP contribution in [0.2, 0.25) is 0 Å². The number of hydrogen-bond acceptors (Lipinski definition) is 3. The second-order valence-corrected chi connectivity index (χ2v) is 11.2. The molecule has 0 N–H and O–H groups in total. The number of fused-ring (bicyclic) bond motifs is 6. The first-order valence-electron chi connectivity index (χ1n) is 10.3. The van der Waals surface area contributed by atoms with Crippen molar-refractivity contribution in [2.75, 3.05) is 12.4 Å². The van der Waals surface area contributed by atoms with E-state index in [9.17, 15) is 4.79 Å². The van der Waals surface area contributed by atoms with E-state index < -0.39 is 0 Å². The Morgan fingerprint density at radius 2 is 1.88 bits per heavy atom. The number of carbonyl (C=O) groups excluding carboxylic acids is 1. The predicted octanol–water partition coefficient (Wildman–Crippen LogP) is 5.06. The molecule has 2 nitrogen and oxygen atoms in total. The summed E-state index contributed by atoms with van der Waals surface area (Å²) in [5.41, 5.74) is 0.834. The lowest BCUT2D eigenvalue weighted by Gasteiger charge is -2.61. The first-order chi connectivity index (χ1) is 11.5. The van der Waals surface area contributed by atoms with Crippen molar-refractivity contribution in [2.24, 2.45) is 34.5 Å². The molecule has 0 aromatic carbocycles. The molecule has 1 aliphatic heterocycles. The molecular weight excluding hydrogens is 316 g/mol. The first kappa shape index (κ1) is 16.2. The van der Waals surface area contributed by atoms with Gasteiger partial charge in [-0.2, -0.15) is 0 Å². The van der Waals surface area contributed by atoms with Crippen LogP contribution >= 0.6 is 11.8 Å². The van der Waals surface area contributed by atoms with Gasteiger partial charge in [0, 0.05) is 24.0 Å². The number of rotatable bonds is 0. The molecule has 0 aromatic rings. The maximum Gasteiger partial charge on any atom is 0.133 e. The van der Waals surface area contributed by atoms with Gasteiger partial charge in [0.2, 0.25) is 0 Å². The fourth-order valence-electron chi connectivity index (χ4n) is 7.93. The minimum atomic E-state index is 0.142. The third kappa shape index (κ3) is 1.92. The van der Waals surface area contributed by atoms with Gasteiger partial charge in [0.1, 0.15) is 10.7 Å². The van der Waals surface area contributed by atoms with Crippen LogP contribution in [0.15, 0.2) is 0 Å². The average molecular weight is 349 g/mol. The molecule has 3 heteroatoms. The quantitative estimate of drug-likeness (QED) is 0.612. The van der Waals surface area contributed by atoms with Gasteiger partial charge in [-0.05, 0) is 74.0 Å². The SMILES string of the molecule is C[C@]12CCC(=O)C[C@@H]1CC[C@@H]1[C@@H]2CC[C@@]2(C)[C@H]1CC[C@@]21OCCS1. The van der Waals surface area contributed by atoms with Crippen LogP contribution in [-0.2, 0) is 9.53 Å². The van der Waals surface area contributed by atoms with Crippen molar-refractivity contribution < 1.29 is 9.53 Å². The highest BCUT2D eigenvalue weighted by Crippen LogP contribution is 2.71. The lowest BCUT2D eigenvalue weighted by molar-refractivity contribution is -0.147. The third-order valence-corrected chi connectivity index (χ3v) is 10.9. The zero-order valence-electron chi connectivity index (χ0n) is 15.3. The average Bonchev–Trinajstić information content (AvgIpc) is 3.15. The van der Waals surface area contributed by atoms with Gasteiger partial charge < -0.3 is 4.74 Å². The normalized spacial score (nSPS) is 56.8. The smallest absolute Gasteiger partial charge is 0.133 e. The molecule has 0 amide bonds. The predicted molar refractivity (Wildman–Crippen MR) is 97.9 cm³/mol. The largest absolute Gasteiger partial charge is 0.363 e. The standard InChI is InChI=1S/C21H32O2S/c1-19-8-5-15(22)13-14(19)3-4-16-17(19)6-9-20(2)18(16)7-10-21(20)23-11-12-24-21/h14,16-18H,3-13H2,1-2H3/t14-,16+,17-,18-,19-,20-,21-/m0/s1. The summed E-state index contributed by atoms with van der Waals surface area (Å²) in [4.78, 5) is 12.1. The van der Waals surface area contributed by atoms with Gasteiger partial charge in [-0.3, -0.25) is 4.79 Å². The van der Waals surface area contributed by atoms with Crippen LogP contribution in [0.1, 0.15) is 71.6 Å². The topological polar surface area (TPSA) is 26.3 Å². The van der Waals surface area contributed by atoms with E-state index in [1.54, 1.807) is 0 Å². The van der Waals surface area contributed by atoms with E-state index in [0.29, 0.717) is 22.5 Å². The van der Waals surface area contributed by atoms with E-state index in [4.69, 9.17) is 4.74 Å². The Kier molecular flexibility index (Phi) is 3.54. The molecule has 7 atom stereocenters. The van der Waals surface area contributed by atoms with Gasteiger partial charge in [-0.1, -0.05) is 13.8 Å². The Labute approximate surface area is 150 Å². The molecular formula is C21H32O2S. The van der Waals surface area contributed by atoms with Crippen LogP contribution in [0.5, 0.6) is 0 Å². The summed E-state index contributed by atoms with van der Waals surface area (Å²) in [7, 11) is 0. The molecule has 5 rings (SSSR count). The molecule has 1 spiro atoms. The Hall–Kier alpha value is -0.0200. The first-order valence-corrected chi connectivity index (χ1v) is 11.3. The summed E-state index contributed by atoms with van der Waals surface area (Å²) in [6.45, 7) is 6.08. The number of ketones is 1. The highest BCUT2D eigenvalue weighted by atomic mass is 32.2. The van der Waals surface area contributed by atoms with Crippen LogP contribution in [-0.4, -0.2) is 23.1 Å². The van der Waals surface area contributed by atoms with Crippen molar-refractivity contribution in [3.8, 4) is 0 Å². The molecule has 1 heterocycles. The Morgan fingerprint density at radius 3 is 2.67 bits per heavy atom. The van der Waals surface area contributed by atoms with Gasteiger partial charge in [-0.25, -0.2) is 0 Å². The molecule has 4 aliphatic carbocycles. The Balaban J connectivity index is 1.46. The molecule has 5 fully saturated rings. The summed E-state index contributed by atoms with van der Waals surface area (Å²) in [5, 5.41) is 0. The Morgan fingerprint density at radius 1 is 1.04 bits per heavy atom. The maximum atomic E-state index is 12.0. The Bertz CT molecular complexity index is 554. The number of ether oxygens (including phenoxy) is 1. The molecule has 0 radical (unpaired) electrons. The van der Waals surface area contributed by atoms with Crippen molar-refractivity contribution >= 4 is 17.5 Å². The van der Waals surface area contributed by atoms with Crippen LogP contribution in [0, 0.1) is 34.5 Å². The van der Waals surface area contributed by atoms with Gasteiger partial charge >= 0.3 is 0 Å². The minimum Gasteiger partial charge on any atom is -0.363 e. The van der Waals surface area contributed by atoms with Gasteiger partial charge in [0.25, 0.3) is 0 Å². The van der Waals surface area contributed by atoms with Crippen LogP contribution < -0.4 is 0 Å². The molecule has 0 unspecified atom stereocenters. The van der Waals surface area contributed by atoms with Gasteiger partial charge in [0.05, 0.1) is 6.61 Å². The molecule has 4 saturated carbocycles. The van der Waals surface area contributed by atoms with E-state index in [1.807, 2.05) is 0 Å². The van der Waals surface area contributed by atoms with Crippen molar-refractivity contribution in [1.29, 1.82) is 0 Å². The van der Waals surface area contributed by atoms with Crippen molar-refractivity contribution in [3.05, 3.63) is 0 Å². The summed E-state index contributed by atoms with van der Waals surface area (Å²) in [6.07, 6.45) is 11.0. The number of hydrogen-bond donors (Lipinski definition) is 0. The van der Waals surface area contributed by atoms with Crippen molar-refractivity contribution in [3.63, 3.8) is 0 Å². The number of thioether (sulfide) groups is 1. The lowest BCUT2D eigenvalue weighted by atomic mass is 9.45. The van der Waals surface area contributed by atoms with E-state index in [0.717, 1.165) is 43.6 Å². The number of carbonyl (C=O) groups is 1. The van der Waals surface area contributed by atoms with E-state index in [1.165, 1.54) is 44.3 Å². The van der Waals surface area contributed by atoms with E-state index >= 15 is 0 Å². The monoisotopic (exact) mass is 348 g/mol. The fraction of sp³-hybridized carbons (Fsp3) is 0.952. The second-order valence-electron chi connectivity index (χ2n) is 9.84. The van der Waals surface area contributed by atoms with Gasteiger partial charge in [-0.15, -0.1) is 11.8 Å². The molecule has 0 bridgehead atoms. The summed E-state index contributed by atoms with van der Waals surface area (Å²) in [6, 6.07) is 0. The zero-order valence-corrected chi connectivity index (χ0v) is 16.1. The highest BCUT2D eigenvalue weighted by molar-refractivity contribution is 8.00. The minimum absolute atomic E-state index is 0.142. The van der Waals surface area contributed by atoms with Crippen molar-refractivity contribution in [1.82, 2.24) is 0 Å². The number of Topliss-reactive ketones (excluding diaryl/α,β-unsaturated/α-hetero) is 1. The van der Waals surface area contributed by atoms with Crippen LogP contribution in [0.25, 0.3) is 0 Å². The summed E-state index contributed by atoms with van der Waals surface area (Å²) < 4.78 is 6.42. The molecule has 1 saturated heterocycles. The van der Waals surface area contributed by atoms with Crippen LogP contribution in [0.4, 0.5) is 0 Å². The zero-order chi connectivity index (χ0) is 16.6. The summed E-state index contributed by atoms with van der Waals surface area (Å²) in [5.74, 6) is 5.02. The molecule has 24 heavy (non-hydrogen) atoms. The van der Waals surface area contributed by atoms with Gasteiger partial charge in [0.15, 0.2) is 0 Å². The maximum absolute atomic E-state index is 12.0. The van der Waals surface area contributed by atoms with E-state index in [2.05, 4.69) is 25.6 Å². The molecule has 0 aromatic heterocycles. The van der Waals surface area contributed by atoms with E-state index in [-0.39, 0.29) is 4.93 Å². The molecule has 5 aliphatic rings. The second kappa shape index (κ2) is 5.25. The molecule has 134 valence electrons. The lowest BCUT2D eigenvalue weighted by Crippen LogP contribution is -2.55. The fourth-order valence-corrected chi connectivity index (χ4v) is 9.44. The van der Waals surface area contributed by atoms with Crippen LogP contribution in [0.3, 0.4) is 0 Å².